The predicted molar refractivity (Wildman–Crippen MR) is 168 cm³/mol. The fourth-order valence-corrected chi connectivity index (χ4v) is 4.31. The van der Waals surface area contributed by atoms with Gasteiger partial charge in [0.15, 0.2) is 0 Å². The third-order valence-electron chi connectivity index (χ3n) is 6.84. The average Bonchev–Trinajstić information content (AvgIpc) is 2.82. The van der Waals surface area contributed by atoms with Crippen LogP contribution in [0.4, 0.5) is 0 Å². The summed E-state index contributed by atoms with van der Waals surface area (Å²) in [5.74, 6) is -0.449. The van der Waals surface area contributed by atoms with Crippen molar-refractivity contribution in [3.63, 3.8) is 0 Å². The van der Waals surface area contributed by atoms with Crippen LogP contribution in [-0.2, 0) is 21.7 Å². The monoisotopic (exact) mass is 560 g/mol. The first-order valence-electron chi connectivity index (χ1n) is 14.1. The highest BCUT2D eigenvalue weighted by molar-refractivity contribution is 5.92. The molecule has 0 fully saturated rings. The van der Waals surface area contributed by atoms with Crippen LogP contribution in [0.25, 0.3) is 0 Å². The quantitative estimate of drug-likeness (QED) is 0.246. The molecule has 3 rings (SSSR count). The molecule has 0 bridgehead atoms. The molecule has 0 saturated carbocycles. The van der Waals surface area contributed by atoms with E-state index in [2.05, 4.69) is 47.6 Å². The lowest BCUT2D eigenvalue weighted by Gasteiger charge is -2.28. The molecule has 0 aliphatic rings. The normalized spacial score (nSPS) is 12.3. The lowest BCUT2D eigenvalue weighted by Crippen LogP contribution is -2.21. The van der Waals surface area contributed by atoms with E-state index in [-0.39, 0.29) is 27.4 Å². The number of aromatic carboxylic acids is 1. The molecule has 5 heteroatoms. The van der Waals surface area contributed by atoms with E-state index in [1.807, 2.05) is 53.7 Å². The zero-order valence-corrected chi connectivity index (χ0v) is 26.9. The molecule has 0 aromatic heterocycles. The molecule has 41 heavy (non-hydrogen) atoms. The molecule has 0 heterocycles. The highest BCUT2D eigenvalue weighted by Crippen LogP contribution is 2.41. The third-order valence-corrected chi connectivity index (χ3v) is 6.84. The molecule has 2 N–H and O–H groups in total. The van der Waals surface area contributed by atoms with Crippen LogP contribution in [0.15, 0.2) is 60.7 Å². The zero-order chi connectivity index (χ0) is 31.6. The minimum Gasteiger partial charge on any atom is -0.507 e. The van der Waals surface area contributed by atoms with Crippen molar-refractivity contribution < 1.29 is 24.5 Å². The number of esters is 1. The molecular formula is C36H48O5. The maximum atomic E-state index is 13.3. The standard InChI is InChI=1S/C29H42O3.C7H6O2/c1-26(2,3)19-13-14-23(20(17-19)27(4,5)6)32-25(31)18-15-21(28(7,8)9)24(30)22(16-18)29(10,11)12;8-7(9)6-4-2-1-3-5-6/h13-17,30H,1-12H3;1-5H,(H,8,9). The van der Waals surface area contributed by atoms with E-state index < -0.39 is 11.9 Å². The summed E-state index contributed by atoms with van der Waals surface area (Å²) in [7, 11) is 0. The van der Waals surface area contributed by atoms with E-state index in [1.54, 1.807) is 42.5 Å². The van der Waals surface area contributed by atoms with Gasteiger partial charge in [-0.3, -0.25) is 0 Å². The molecule has 0 aliphatic heterocycles. The molecule has 5 nitrogen and oxygen atoms in total. The highest BCUT2D eigenvalue weighted by Gasteiger charge is 2.29. The molecule has 0 amide bonds. The van der Waals surface area contributed by atoms with Crippen LogP contribution in [0.5, 0.6) is 11.5 Å². The van der Waals surface area contributed by atoms with Crippen LogP contribution in [0.1, 0.15) is 126 Å². The van der Waals surface area contributed by atoms with Crippen LogP contribution in [0, 0.1) is 0 Å². The van der Waals surface area contributed by atoms with Crippen molar-refractivity contribution in [2.75, 3.05) is 0 Å². The number of hydrogen-bond acceptors (Lipinski definition) is 4. The summed E-state index contributed by atoms with van der Waals surface area (Å²) in [6.45, 7) is 25.1. The van der Waals surface area contributed by atoms with E-state index in [4.69, 9.17) is 9.84 Å². The van der Waals surface area contributed by atoms with Gasteiger partial charge in [0.2, 0.25) is 0 Å². The van der Waals surface area contributed by atoms with Crippen molar-refractivity contribution in [1.29, 1.82) is 0 Å². The van der Waals surface area contributed by atoms with Gasteiger partial charge in [-0.1, -0.05) is 113 Å². The van der Waals surface area contributed by atoms with Gasteiger partial charge in [0.1, 0.15) is 11.5 Å². The van der Waals surface area contributed by atoms with Gasteiger partial charge in [0.25, 0.3) is 0 Å². The average molecular weight is 561 g/mol. The second-order valence-electron chi connectivity index (χ2n) is 14.7. The summed E-state index contributed by atoms with van der Waals surface area (Å²) in [5.41, 5.74) is 3.68. The maximum absolute atomic E-state index is 13.3. The van der Waals surface area contributed by atoms with Crippen molar-refractivity contribution in [2.24, 2.45) is 0 Å². The Morgan fingerprint density at radius 2 is 1.05 bits per heavy atom. The lowest BCUT2D eigenvalue weighted by molar-refractivity contribution is 0.0694. The van der Waals surface area contributed by atoms with Crippen LogP contribution in [-0.4, -0.2) is 22.2 Å². The lowest BCUT2D eigenvalue weighted by atomic mass is 9.78. The number of aromatic hydroxyl groups is 1. The van der Waals surface area contributed by atoms with Crippen molar-refractivity contribution >= 4 is 11.9 Å². The number of carboxylic acids is 1. The molecule has 3 aromatic rings. The summed E-state index contributed by atoms with van der Waals surface area (Å²) in [5, 5.41) is 19.3. The fraction of sp³-hybridized carbons (Fsp3) is 0.444. The number of carbonyl (C=O) groups is 2. The van der Waals surface area contributed by atoms with Gasteiger partial charge >= 0.3 is 11.9 Å². The summed E-state index contributed by atoms with van der Waals surface area (Å²) < 4.78 is 5.98. The number of carboxylic acid groups (broad SMARTS) is 1. The third kappa shape index (κ3) is 8.94. The van der Waals surface area contributed by atoms with Crippen LogP contribution in [0.2, 0.25) is 0 Å². The Morgan fingerprint density at radius 1 is 0.585 bits per heavy atom. The Bertz CT molecular complexity index is 1340. The molecule has 0 unspecified atom stereocenters. The highest BCUT2D eigenvalue weighted by atomic mass is 16.5. The number of carbonyl (C=O) groups excluding carboxylic acids is 1. The first-order valence-corrected chi connectivity index (χ1v) is 14.1. The second kappa shape index (κ2) is 12.1. The summed E-state index contributed by atoms with van der Waals surface area (Å²) in [6.07, 6.45) is 0. The van der Waals surface area contributed by atoms with Gasteiger partial charge in [-0.05, 0) is 57.6 Å². The number of rotatable bonds is 3. The fourth-order valence-electron chi connectivity index (χ4n) is 4.31. The van der Waals surface area contributed by atoms with Crippen LogP contribution >= 0.6 is 0 Å². The van der Waals surface area contributed by atoms with E-state index in [9.17, 15) is 14.7 Å². The van der Waals surface area contributed by atoms with E-state index in [0.717, 1.165) is 16.7 Å². The van der Waals surface area contributed by atoms with Gasteiger partial charge < -0.3 is 14.9 Å². The second-order valence-corrected chi connectivity index (χ2v) is 14.7. The minimum absolute atomic E-state index is 0.00269. The number of benzene rings is 3. The predicted octanol–water partition coefficient (Wildman–Crippen LogP) is 9.19. The van der Waals surface area contributed by atoms with Crippen molar-refractivity contribution in [3.8, 4) is 11.5 Å². The van der Waals surface area contributed by atoms with E-state index >= 15 is 0 Å². The Balaban J connectivity index is 0.000000553. The molecule has 222 valence electrons. The smallest absolute Gasteiger partial charge is 0.343 e. The molecule has 0 spiro atoms. The molecule has 3 aromatic carbocycles. The van der Waals surface area contributed by atoms with E-state index in [0.29, 0.717) is 16.9 Å². The van der Waals surface area contributed by atoms with Crippen molar-refractivity contribution in [3.05, 3.63) is 94.0 Å². The Hall–Kier alpha value is -3.60. The molecular weight excluding hydrogens is 512 g/mol. The Morgan fingerprint density at radius 3 is 1.41 bits per heavy atom. The van der Waals surface area contributed by atoms with Gasteiger partial charge in [-0.2, -0.15) is 0 Å². The molecule has 0 atom stereocenters. The molecule has 0 saturated heterocycles. The van der Waals surface area contributed by atoms with Gasteiger partial charge in [0, 0.05) is 16.7 Å². The Kier molecular flexibility index (Phi) is 9.92. The summed E-state index contributed by atoms with van der Waals surface area (Å²) in [6, 6.07) is 17.9. The Labute approximate surface area is 246 Å². The van der Waals surface area contributed by atoms with Crippen LogP contribution in [0.3, 0.4) is 0 Å². The first-order chi connectivity index (χ1) is 18.5. The largest absolute Gasteiger partial charge is 0.507 e. The van der Waals surface area contributed by atoms with E-state index in [1.165, 1.54) is 5.56 Å². The van der Waals surface area contributed by atoms with Crippen LogP contribution < -0.4 is 4.74 Å². The number of phenols is 1. The molecule has 0 radical (unpaired) electrons. The molecule has 0 aliphatic carbocycles. The van der Waals surface area contributed by atoms with Gasteiger partial charge in [0.05, 0.1) is 11.1 Å². The number of hydrogen-bond donors (Lipinski definition) is 2. The van der Waals surface area contributed by atoms with Crippen molar-refractivity contribution in [1.82, 2.24) is 0 Å². The first kappa shape index (κ1) is 33.6. The SMILES string of the molecule is CC(C)(C)c1ccc(OC(=O)c2cc(C(C)(C)C)c(O)c(C(C)(C)C)c2)c(C(C)(C)C)c1.O=C(O)c1ccccc1. The topological polar surface area (TPSA) is 83.8 Å². The van der Waals surface area contributed by atoms with Crippen molar-refractivity contribution in [2.45, 2.75) is 105 Å². The maximum Gasteiger partial charge on any atom is 0.343 e. The summed E-state index contributed by atoms with van der Waals surface area (Å²) >= 11 is 0. The summed E-state index contributed by atoms with van der Waals surface area (Å²) in [4.78, 5) is 23.5. The van der Waals surface area contributed by atoms with Gasteiger partial charge in [-0.15, -0.1) is 0 Å². The minimum atomic E-state index is -0.879. The van der Waals surface area contributed by atoms with Gasteiger partial charge in [-0.25, -0.2) is 9.59 Å². The number of phenolic OH excluding ortho intramolecular Hbond substituents is 1. The number of ether oxygens (including phenoxy) is 1. The zero-order valence-electron chi connectivity index (χ0n) is 26.9.